The van der Waals surface area contributed by atoms with Crippen molar-refractivity contribution in [3.8, 4) is 11.1 Å². The molecule has 0 aliphatic carbocycles. The molecule has 3 rings (SSSR count). The first-order valence-electron chi connectivity index (χ1n) is 7.16. The molecule has 0 fully saturated rings. The van der Waals surface area contributed by atoms with Crippen molar-refractivity contribution in [1.82, 2.24) is 9.55 Å². The zero-order chi connectivity index (χ0) is 15.0. The monoisotopic (exact) mass is 278 g/mol. The van der Waals surface area contributed by atoms with Gasteiger partial charge in [0, 0.05) is 23.2 Å². The van der Waals surface area contributed by atoms with E-state index in [9.17, 15) is 4.79 Å². The molecule has 0 aliphatic heterocycles. The van der Waals surface area contributed by atoms with Crippen LogP contribution in [0.4, 0.5) is 0 Å². The van der Waals surface area contributed by atoms with Crippen molar-refractivity contribution in [2.45, 2.75) is 26.8 Å². The van der Waals surface area contributed by atoms with Crippen LogP contribution in [0.5, 0.6) is 0 Å². The van der Waals surface area contributed by atoms with Crippen molar-refractivity contribution >= 4 is 11.0 Å². The number of fused-ring (bicyclic) bond motifs is 1. The van der Waals surface area contributed by atoms with Gasteiger partial charge in [-0.05, 0) is 44.0 Å². The van der Waals surface area contributed by atoms with Crippen molar-refractivity contribution < 1.29 is 0 Å². The van der Waals surface area contributed by atoms with Gasteiger partial charge >= 0.3 is 0 Å². The Kier molecular flexibility index (Phi) is 3.34. The van der Waals surface area contributed by atoms with E-state index in [0.29, 0.717) is 0 Å². The highest BCUT2D eigenvalue weighted by Crippen LogP contribution is 2.27. The summed E-state index contributed by atoms with van der Waals surface area (Å²) in [7, 11) is 0. The lowest BCUT2D eigenvalue weighted by Crippen LogP contribution is -2.22. The van der Waals surface area contributed by atoms with Gasteiger partial charge < -0.3 is 0 Å². The molecule has 1 aromatic carbocycles. The Balaban J connectivity index is 2.44. The van der Waals surface area contributed by atoms with E-state index >= 15 is 0 Å². The normalized spacial score (nSPS) is 11.2. The Bertz CT molecular complexity index is 848. The summed E-state index contributed by atoms with van der Waals surface area (Å²) in [5, 5.41) is 1.01. The first-order chi connectivity index (χ1) is 10.1. The van der Waals surface area contributed by atoms with Crippen molar-refractivity contribution in [3.63, 3.8) is 0 Å². The zero-order valence-electron chi connectivity index (χ0n) is 12.5. The van der Waals surface area contributed by atoms with Gasteiger partial charge in [-0.15, -0.1) is 0 Å². The van der Waals surface area contributed by atoms with Crippen molar-refractivity contribution in [2.75, 3.05) is 0 Å². The molecule has 0 N–H and O–H groups in total. The molecule has 21 heavy (non-hydrogen) atoms. The third-order valence-electron chi connectivity index (χ3n) is 3.64. The van der Waals surface area contributed by atoms with Crippen LogP contribution in [0.3, 0.4) is 0 Å². The molecule has 3 aromatic rings. The third-order valence-corrected chi connectivity index (χ3v) is 3.64. The van der Waals surface area contributed by atoms with Gasteiger partial charge in [-0.1, -0.05) is 30.3 Å². The van der Waals surface area contributed by atoms with Crippen LogP contribution in [0.2, 0.25) is 0 Å². The fourth-order valence-corrected chi connectivity index (χ4v) is 2.67. The molecule has 0 aliphatic rings. The average Bonchev–Trinajstić information content (AvgIpc) is 2.46. The summed E-state index contributed by atoms with van der Waals surface area (Å²) in [6.07, 6.45) is 0. The van der Waals surface area contributed by atoms with E-state index in [1.165, 1.54) is 0 Å². The maximum Gasteiger partial charge on any atom is 0.253 e. The number of benzene rings is 1. The van der Waals surface area contributed by atoms with Gasteiger partial charge in [-0.2, -0.15) is 0 Å². The summed E-state index contributed by atoms with van der Waals surface area (Å²) >= 11 is 0. The molecule has 0 unspecified atom stereocenters. The Hall–Kier alpha value is -2.42. The Morgan fingerprint density at radius 3 is 2.43 bits per heavy atom. The van der Waals surface area contributed by atoms with Crippen LogP contribution in [-0.2, 0) is 0 Å². The highest BCUT2D eigenvalue weighted by molar-refractivity contribution is 5.92. The van der Waals surface area contributed by atoms with E-state index < -0.39 is 0 Å². The van der Waals surface area contributed by atoms with Gasteiger partial charge in [0.05, 0.1) is 0 Å². The minimum atomic E-state index is -0.00514. The lowest BCUT2D eigenvalue weighted by atomic mass is 10.0. The zero-order valence-corrected chi connectivity index (χ0v) is 12.5. The highest BCUT2D eigenvalue weighted by Gasteiger charge is 2.13. The number of nitrogens with zero attached hydrogens (tertiary/aromatic N) is 2. The van der Waals surface area contributed by atoms with Crippen LogP contribution in [0.1, 0.15) is 25.6 Å². The second kappa shape index (κ2) is 5.17. The molecule has 0 spiro atoms. The fraction of sp³-hybridized carbons (Fsp3) is 0.222. The first-order valence-corrected chi connectivity index (χ1v) is 7.16. The standard InChI is InChI=1S/C18H18N2O/c1-12(2)20-17(21)11-16(14-7-5-4-6-8-14)15-10-9-13(3)19-18(15)20/h4-12H,1-3H3. The number of hydrogen-bond donors (Lipinski definition) is 0. The molecule has 3 heteroatoms. The third kappa shape index (κ3) is 2.35. The van der Waals surface area contributed by atoms with E-state index in [4.69, 9.17) is 0 Å². The first kappa shape index (κ1) is 13.6. The molecule has 0 atom stereocenters. The van der Waals surface area contributed by atoms with Crippen LogP contribution >= 0.6 is 0 Å². The number of rotatable bonds is 2. The number of hydrogen-bond acceptors (Lipinski definition) is 2. The minimum Gasteiger partial charge on any atom is -0.290 e. The van der Waals surface area contributed by atoms with Gasteiger partial charge in [0.15, 0.2) is 0 Å². The molecule has 3 nitrogen and oxygen atoms in total. The second-order valence-electron chi connectivity index (χ2n) is 5.55. The molecular weight excluding hydrogens is 260 g/mol. The van der Waals surface area contributed by atoms with E-state index in [1.54, 1.807) is 10.6 Å². The maximum absolute atomic E-state index is 12.5. The molecule has 2 aromatic heterocycles. The van der Waals surface area contributed by atoms with Gasteiger partial charge in [0.1, 0.15) is 5.65 Å². The number of aromatic nitrogens is 2. The minimum absolute atomic E-state index is 0.00514. The molecule has 106 valence electrons. The SMILES string of the molecule is Cc1ccc2c(-c3ccccc3)cc(=O)n(C(C)C)c2n1. The second-order valence-corrected chi connectivity index (χ2v) is 5.55. The number of pyridine rings is 2. The van der Waals surface area contributed by atoms with Crippen LogP contribution in [0.15, 0.2) is 53.3 Å². The van der Waals surface area contributed by atoms with Gasteiger partial charge in [0.25, 0.3) is 5.56 Å². The van der Waals surface area contributed by atoms with E-state index in [1.807, 2.05) is 57.2 Å². The van der Waals surface area contributed by atoms with Gasteiger partial charge in [-0.3, -0.25) is 9.36 Å². The Morgan fingerprint density at radius 2 is 1.76 bits per heavy atom. The lowest BCUT2D eigenvalue weighted by Gasteiger charge is -2.16. The lowest BCUT2D eigenvalue weighted by molar-refractivity contribution is 0.595. The quantitative estimate of drug-likeness (QED) is 0.711. The Morgan fingerprint density at radius 1 is 1.05 bits per heavy atom. The molecule has 0 amide bonds. The number of aryl methyl sites for hydroxylation is 1. The summed E-state index contributed by atoms with van der Waals surface area (Å²) in [6.45, 7) is 5.96. The van der Waals surface area contributed by atoms with E-state index in [-0.39, 0.29) is 11.6 Å². The van der Waals surface area contributed by atoms with E-state index in [0.717, 1.165) is 27.9 Å². The molecule has 0 saturated heterocycles. The Labute approximate surface area is 123 Å². The highest BCUT2D eigenvalue weighted by atomic mass is 16.1. The van der Waals surface area contributed by atoms with Crippen molar-refractivity contribution in [3.05, 3.63) is 64.6 Å². The summed E-state index contributed by atoms with van der Waals surface area (Å²) in [5.74, 6) is 0. The van der Waals surface area contributed by atoms with Crippen molar-refractivity contribution in [1.29, 1.82) is 0 Å². The summed E-state index contributed by atoms with van der Waals surface area (Å²) in [5.41, 5.74) is 3.66. The molecule has 0 radical (unpaired) electrons. The topological polar surface area (TPSA) is 34.9 Å². The van der Waals surface area contributed by atoms with Crippen molar-refractivity contribution in [2.24, 2.45) is 0 Å². The summed E-state index contributed by atoms with van der Waals surface area (Å²) in [6, 6.07) is 15.8. The predicted octanol–water partition coefficient (Wildman–Crippen LogP) is 3.95. The smallest absolute Gasteiger partial charge is 0.253 e. The van der Waals surface area contributed by atoms with Crippen LogP contribution in [0.25, 0.3) is 22.2 Å². The maximum atomic E-state index is 12.5. The van der Waals surface area contributed by atoms with Gasteiger partial charge in [0.2, 0.25) is 0 Å². The van der Waals surface area contributed by atoms with E-state index in [2.05, 4.69) is 11.1 Å². The van der Waals surface area contributed by atoms with Crippen LogP contribution in [-0.4, -0.2) is 9.55 Å². The molecule has 0 saturated carbocycles. The van der Waals surface area contributed by atoms with Crippen LogP contribution < -0.4 is 5.56 Å². The van der Waals surface area contributed by atoms with Crippen LogP contribution in [0, 0.1) is 6.92 Å². The molecule has 0 bridgehead atoms. The summed E-state index contributed by atoms with van der Waals surface area (Å²) in [4.78, 5) is 17.1. The average molecular weight is 278 g/mol. The molecular formula is C18H18N2O. The summed E-state index contributed by atoms with van der Waals surface area (Å²) < 4.78 is 1.76. The largest absolute Gasteiger partial charge is 0.290 e. The fourth-order valence-electron chi connectivity index (χ4n) is 2.67. The molecule has 2 heterocycles. The van der Waals surface area contributed by atoms with Gasteiger partial charge in [-0.25, -0.2) is 4.98 Å². The predicted molar refractivity (Wildman–Crippen MR) is 86.6 cm³/mol.